The number of thiocarbonyl (C=S) groups is 1. The molecule has 0 rings (SSSR count). The predicted molar refractivity (Wildman–Crippen MR) is 70.0 cm³/mol. The van der Waals surface area contributed by atoms with Gasteiger partial charge in [-0.1, -0.05) is 13.0 Å². The first-order valence-electron chi connectivity index (χ1n) is 5.48. The Balaban J connectivity index is 4.56. The highest BCUT2D eigenvalue weighted by Crippen LogP contribution is 2.06. The molecule has 0 aromatic rings. The lowest BCUT2D eigenvalue weighted by Crippen LogP contribution is -2.51. The summed E-state index contributed by atoms with van der Waals surface area (Å²) in [5.41, 5.74) is 0. The highest BCUT2D eigenvalue weighted by Gasteiger charge is 2.17. The first-order valence-corrected chi connectivity index (χ1v) is 5.89. The maximum atomic E-state index is 10.9. The van der Waals surface area contributed by atoms with Gasteiger partial charge >= 0.3 is 0 Å². The zero-order valence-corrected chi connectivity index (χ0v) is 11.4. The summed E-state index contributed by atoms with van der Waals surface area (Å²) < 4.78 is 0. The molecule has 0 aromatic carbocycles. The molecule has 0 aliphatic heterocycles. The molecule has 0 fully saturated rings. The van der Waals surface area contributed by atoms with Crippen molar-refractivity contribution in [1.82, 2.24) is 15.3 Å². The molecule has 17 heavy (non-hydrogen) atoms. The molecular formula is C11H20N3O2S-. The van der Waals surface area contributed by atoms with Crippen LogP contribution in [0.3, 0.4) is 0 Å². The van der Waals surface area contributed by atoms with Crippen LogP contribution >= 0.6 is 12.2 Å². The van der Waals surface area contributed by atoms with E-state index in [1.54, 1.807) is 16.1 Å². The minimum atomic E-state index is -1.05. The molecule has 0 amide bonds. The van der Waals surface area contributed by atoms with Crippen LogP contribution in [0.2, 0.25) is 0 Å². The molecule has 0 heterocycles. The lowest BCUT2D eigenvalue weighted by molar-refractivity contribution is -0.312. The highest BCUT2D eigenvalue weighted by molar-refractivity contribution is 7.80. The highest BCUT2D eigenvalue weighted by atomic mass is 32.1. The van der Waals surface area contributed by atoms with E-state index in [-0.39, 0.29) is 0 Å². The fraction of sp³-hybridized carbons (Fsp3) is 0.636. The van der Waals surface area contributed by atoms with E-state index >= 15 is 0 Å². The Labute approximate surface area is 108 Å². The number of hydrogen-bond donors (Lipinski definition) is 1. The Hall–Kier alpha value is -1.14. The van der Waals surface area contributed by atoms with Crippen molar-refractivity contribution >= 4 is 23.3 Å². The van der Waals surface area contributed by atoms with E-state index in [9.17, 15) is 9.90 Å². The largest absolute Gasteiger partial charge is 0.550 e. The first kappa shape index (κ1) is 15.9. The molecule has 1 N–H and O–H groups in total. The fourth-order valence-corrected chi connectivity index (χ4v) is 1.58. The Bertz CT molecular complexity index is 282. The van der Waals surface area contributed by atoms with Crippen molar-refractivity contribution < 1.29 is 9.90 Å². The molecule has 0 aromatic heterocycles. The summed E-state index contributed by atoms with van der Waals surface area (Å²) in [4.78, 5) is 10.9. The van der Waals surface area contributed by atoms with Crippen molar-refractivity contribution in [3.05, 3.63) is 12.7 Å². The minimum Gasteiger partial charge on any atom is -0.550 e. The van der Waals surface area contributed by atoms with Gasteiger partial charge in [-0.25, -0.2) is 5.01 Å². The molecule has 0 aliphatic rings. The summed E-state index contributed by atoms with van der Waals surface area (Å²) in [6, 6.07) is 0. The molecule has 5 nitrogen and oxygen atoms in total. The van der Waals surface area contributed by atoms with Gasteiger partial charge in [0.25, 0.3) is 0 Å². The summed E-state index contributed by atoms with van der Waals surface area (Å²) >= 11 is 5.18. The minimum absolute atomic E-state index is 0.300. The van der Waals surface area contributed by atoms with Crippen LogP contribution in [0.5, 0.6) is 0 Å². The van der Waals surface area contributed by atoms with E-state index in [2.05, 4.69) is 11.9 Å². The van der Waals surface area contributed by atoms with Gasteiger partial charge in [0, 0.05) is 39.1 Å². The summed E-state index contributed by atoms with van der Waals surface area (Å²) in [5.74, 6) is -1.59. The number of carbonyl (C=O) groups excluding carboxylic acids is 1. The van der Waals surface area contributed by atoms with Gasteiger partial charge in [-0.15, -0.1) is 6.58 Å². The Morgan fingerprint density at radius 2 is 2.18 bits per heavy atom. The summed E-state index contributed by atoms with van der Waals surface area (Å²) in [6.45, 7) is 6.25. The average Bonchev–Trinajstić information content (AvgIpc) is 2.26. The number of carbonyl (C=O) groups is 1. The molecule has 0 spiro atoms. The molecule has 1 unspecified atom stereocenters. The van der Waals surface area contributed by atoms with Gasteiger partial charge < -0.3 is 15.2 Å². The second kappa shape index (κ2) is 8.03. The van der Waals surface area contributed by atoms with Crippen LogP contribution in [0.1, 0.15) is 13.3 Å². The van der Waals surface area contributed by atoms with Gasteiger partial charge in [0.15, 0.2) is 5.11 Å². The molecule has 0 saturated carbocycles. The van der Waals surface area contributed by atoms with Crippen molar-refractivity contribution in [2.24, 2.45) is 5.92 Å². The topological polar surface area (TPSA) is 58.6 Å². The summed E-state index contributed by atoms with van der Waals surface area (Å²) in [7, 11) is 3.62. The molecule has 98 valence electrons. The number of nitrogens with one attached hydrogen (secondary N) is 1. The van der Waals surface area contributed by atoms with Crippen LogP contribution < -0.4 is 10.4 Å². The van der Waals surface area contributed by atoms with Crippen LogP contribution in [-0.2, 0) is 4.79 Å². The zero-order valence-electron chi connectivity index (χ0n) is 10.6. The second-order valence-electron chi connectivity index (χ2n) is 3.83. The van der Waals surface area contributed by atoms with Crippen LogP contribution in [0.4, 0.5) is 0 Å². The molecule has 0 radical (unpaired) electrons. The van der Waals surface area contributed by atoms with Crippen molar-refractivity contribution in [2.45, 2.75) is 13.3 Å². The van der Waals surface area contributed by atoms with Gasteiger partial charge in [0.1, 0.15) is 0 Å². The van der Waals surface area contributed by atoms with Crippen LogP contribution in [0.25, 0.3) is 0 Å². The molecule has 0 saturated heterocycles. The van der Waals surface area contributed by atoms with Crippen molar-refractivity contribution in [1.29, 1.82) is 0 Å². The maximum Gasteiger partial charge on any atom is 0.183 e. The van der Waals surface area contributed by atoms with Gasteiger partial charge in [-0.05, 0) is 18.6 Å². The Morgan fingerprint density at radius 3 is 2.53 bits per heavy atom. The lowest BCUT2D eigenvalue weighted by atomic mass is 10.1. The zero-order chi connectivity index (χ0) is 13.4. The first-order chi connectivity index (χ1) is 7.93. The van der Waals surface area contributed by atoms with Crippen LogP contribution in [0, 0.1) is 5.92 Å². The van der Waals surface area contributed by atoms with Gasteiger partial charge in [-0.2, -0.15) is 0 Å². The lowest BCUT2D eigenvalue weighted by Gasteiger charge is -2.34. The van der Waals surface area contributed by atoms with Crippen molar-refractivity contribution in [3.8, 4) is 0 Å². The smallest absolute Gasteiger partial charge is 0.183 e. The van der Waals surface area contributed by atoms with E-state index < -0.39 is 11.9 Å². The van der Waals surface area contributed by atoms with E-state index in [0.29, 0.717) is 24.6 Å². The Kier molecular flexibility index (Phi) is 7.49. The quantitative estimate of drug-likeness (QED) is 0.381. The fourth-order valence-electron chi connectivity index (χ4n) is 1.26. The van der Waals surface area contributed by atoms with E-state index in [1.807, 2.05) is 21.0 Å². The third-order valence-corrected chi connectivity index (χ3v) is 2.69. The standard InChI is InChI=1S/C11H21N3O2S/c1-5-7-12-11(17)14(13(3)4)8-9(6-2)10(15)16/h5,9H,1,6-8H2,2-4H3,(H,12,17)(H,15,16)/p-1. The molecule has 0 aliphatic carbocycles. The van der Waals surface area contributed by atoms with Crippen LogP contribution in [-0.4, -0.2) is 48.3 Å². The molecule has 6 heteroatoms. The number of hydrogen-bond acceptors (Lipinski definition) is 4. The molecular weight excluding hydrogens is 238 g/mol. The van der Waals surface area contributed by atoms with Crippen LogP contribution in [0.15, 0.2) is 12.7 Å². The van der Waals surface area contributed by atoms with Crippen molar-refractivity contribution in [2.75, 3.05) is 27.2 Å². The van der Waals surface area contributed by atoms with Gasteiger partial charge in [-0.3, -0.25) is 5.01 Å². The summed E-state index contributed by atoms with van der Waals surface area (Å²) in [5, 5.41) is 17.8. The normalized spacial score (nSPS) is 12.0. The third kappa shape index (κ3) is 5.65. The monoisotopic (exact) mass is 258 g/mol. The van der Waals surface area contributed by atoms with Gasteiger partial charge in [0.2, 0.25) is 0 Å². The van der Waals surface area contributed by atoms with E-state index in [4.69, 9.17) is 12.2 Å². The maximum absolute atomic E-state index is 10.9. The third-order valence-electron chi connectivity index (χ3n) is 2.33. The number of carboxylic acids is 1. The predicted octanol–water partition coefficient (Wildman–Crippen LogP) is -0.398. The van der Waals surface area contributed by atoms with Gasteiger partial charge in [0.05, 0.1) is 0 Å². The number of carboxylic acid groups (broad SMARTS) is 1. The Morgan fingerprint density at radius 1 is 1.59 bits per heavy atom. The summed E-state index contributed by atoms with van der Waals surface area (Å²) in [6.07, 6.45) is 2.20. The number of hydrazine groups is 1. The SMILES string of the molecule is C=CCNC(=S)N(CC(CC)C(=O)[O-])N(C)C. The molecule has 0 bridgehead atoms. The van der Waals surface area contributed by atoms with E-state index in [1.165, 1.54) is 0 Å². The number of aliphatic carboxylic acids is 1. The average molecular weight is 258 g/mol. The molecule has 1 atom stereocenters. The van der Waals surface area contributed by atoms with Crippen molar-refractivity contribution in [3.63, 3.8) is 0 Å². The van der Waals surface area contributed by atoms with E-state index in [0.717, 1.165) is 0 Å². The number of nitrogens with zero attached hydrogens (tertiary/aromatic N) is 2. The number of rotatable bonds is 7. The second-order valence-corrected chi connectivity index (χ2v) is 4.21.